The topological polar surface area (TPSA) is 113 Å². The first-order valence-electron chi connectivity index (χ1n) is 3.82. The fraction of sp³-hybridized carbons (Fsp3) is 0.286. The molecule has 1 aliphatic rings. The summed E-state index contributed by atoms with van der Waals surface area (Å²) in [7, 11) is 0. The second-order valence-electron chi connectivity index (χ2n) is 2.78. The molecule has 0 bridgehead atoms. The van der Waals surface area contributed by atoms with Gasteiger partial charge in [0.1, 0.15) is 0 Å². The van der Waals surface area contributed by atoms with Gasteiger partial charge in [-0.3, -0.25) is 20.3 Å². The normalized spacial score (nSPS) is 25.2. The number of amides is 4. The molecule has 5 N–H and O–H groups in total. The Bertz CT molecular complexity index is 314. The standard InChI is InChI=1S/C7H10N4O3/c1-2-3-7(5(13)11-8)4(12)9-6(14)10-7/h2H,1,3,8H2,(H,11,13)(H2,9,10,12,14). The molecular weight excluding hydrogens is 188 g/mol. The molecule has 1 atom stereocenters. The van der Waals surface area contributed by atoms with Gasteiger partial charge in [-0.25, -0.2) is 10.6 Å². The summed E-state index contributed by atoms with van der Waals surface area (Å²) in [5, 5.41) is 4.16. The van der Waals surface area contributed by atoms with Gasteiger partial charge in [0.15, 0.2) is 0 Å². The van der Waals surface area contributed by atoms with Gasteiger partial charge in [-0.05, 0) is 0 Å². The van der Waals surface area contributed by atoms with E-state index in [1.54, 1.807) is 0 Å². The number of urea groups is 1. The summed E-state index contributed by atoms with van der Waals surface area (Å²) in [5.74, 6) is 3.40. The molecule has 0 aliphatic carbocycles. The van der Waals surface area contributed by atoms with E-state index in [4.69, 9.17) is 5.84 Å². The second kappa shape index (κ2) is 3.46. The van der Waals surface area contributed by atoms with E-state index < -0.39 is 23.4 Å². The number of nitrogens with one attached hydrogen (secondary N) is 3. The number of carbonyl (C=O) groups is 3. The molecule has 7 nitrogen and oxygen atoms in total. The van der Waals surface area contributed by atoms with Gasteiger partial charge < -0.3 is 5.32 Å². The van der Waals surface area contributed by atoms with E-state index >= 15 is 0 Å². The first-order chi connectivity index (χ1) is 6.56. The molecule has 4 amide bonds. The van der Waals surface area contributed by atoms with E-state index in [1.165, 1.54) is 6.08 Å². The minimum atomic E-state index is -1.66. The first kappa shape index (κ1) is 10.2. The van der Waals surface area contributed by atoms with E-state index in [2.05, 4.69) is 11.9 Å². The average Bonchev–Trinajstić information content (AvgIpc) is 2.42. The van der Waals surface area contributed by atoms with Crippen molar-refractivity contribution in [3.63, 3.8) is 0 Å². The predicted molar refractivity (Wildman–Crippen MR) is 46.5 cm³/mol. The van der Waals surface area contributed by atoms with Gasteiger partial charge in [-0.15, -0.1) is 6.58 Å². The van der Waals surface area contributed by atoms with Crippen molar-refractivity contribution in [2.45, 2.75) is 12.0 Å². The molecule has 1 saturated heterocycles. The van der Waals surface area contributed by atoms with Crippen molar-refractivity contribution < 1.29 is 14.4 Å². The molecule has 0 saturated carbocycles. The van der Waals surface area contributed by atoms with Crippen LogP contribution in [0.5, 0.6) is 0 Å². The molecule has 1 aliphatic heterocycles. The lowest BCUT2D eigenvalue weighted by Crippen LogP contribution is -2.59. The number of imide groups is 1. The molecule has 1 unspecified atom stereocenters. The van der Waals surface area contributed by atoms with Crippen molar-refractivity contribution in [2.75, 3.05) is 0 Å². The molecule has 76 valence electrons. The number of hydrazine groups is 1. The van der Waals surface area contributed by atoms with Gasteiger partial charge >= 0.3 is 6.03 Å². The fourth-order valence-corrected chi connectivity index (χ4v) is 1.23. The Hall–Kier alpha value is -1.89. The smallest absolute Gasteiger partial charge is 0.315 e. The van der Waals surface area contributed by atoms with Crippen LogP contribution >= 0.6 is 0 Å². The third kappa shape index (κ3) is 1.33. The first-order valence-corrected chi connectivity index (χ1v) is 3.82. The summed E-state index contributed by atoms with van der Waals surface area (Å²) in [6.45, 7) is 3.39. The Kier molecular flexibility index (Phi) is 2.52. The highest BCUT2D eigenvalue weighted by Gasteiger charge is 2.51. The molecule has 1 fully saturated rings. The molecule has 0 aromatic heterocycles. The molecule has 0 aromatic rings. The summed E-state index contributed by atoms with van der Waals surface area (Å²) in [4.78, 5) is 33.5. The summed E-state index contributed by atoms with van der Waals surface area (Å²) >= 11 is 0. The summed E-state index contributed by atoms with van der Waals surface area (Å²) in [6.07, 6.45) is 1.33. The van der Waals surface area contributed by atoms with Crippen LogP contribution in [0.4, 0.5) is 4.79 Å². The van der Waals surface area contributed by atoms with Crippen LogP contribution in [-0.4, -0.2) is 23.4 Å². The molecule has 0 radical (unpaired) electrons. The van der Waals surface area contributed by atoms with E-state index in [9.17, 15) is 14.4 Å². The third-order valence-corrected chi connectivity index (χ3v) is 1.91. The maximum atomic E-state index is 11.3. The lowest BCUT2D eigenvalue weighted by Gasteiger charge is -2.21. The lowest BCUT2D eigenvalue weighted by atomic mass is 9.94. The van der Waals surface area contributed by atoms with Crippen LogP contribution in [0.2, 0.25) is 0 Å². The third-order valence-electron chi connectivity index (χ3n) is 1.91. The Morgan fingerprint density at radius 2 is 2.29 bits per heavy atom. The maximum Gasteiger partial charge on any atom is 0.322 e. The van der Waals surface area contributed by atoms with Crippen LogP contribution in [-0.2, 0) is 9.59 Å². The molecule has 7 heteroatoms. The highest BCUT2D eigenvalue weighted by atomic mass is 16.2. The zero-order chi connectivity index (χ0) is 10.8. The Morgan fingerprint density at radius 3 is 2.64 bits per heavy atom. The SMILES string of the molecule is C=CCC1(C(=O)NN)NC(=O)NC1=O. The molecular formula is C7H10N4O3. The van der Waals surface area contributed by atoms with Crippen LogP contribution in [0, 0.1) is 0 Å². The van der Waals surface area contributed by atoms with Crippen molar-refractivity contribution in [2.24, 2.45) is 5.84 Å². The van der Waals surface area contributed by atoms with Crippen LogP contribution < -0.4 is 21.9 Å². The molecule has 1 rings (SSSR count). The van der Waals surface area contributed by atoms with E-state index in [0.717, 1.165) is 0 Å². The molecule has 0 spiro atoms. The molecule has 1 heterocycles. The lowest BCUT2D eigenvalue weighted by molar-refractivity contribution is -0.135. The minimum absolute atomic E-state index is 0.0202. The maximum absolute atomic E-state index is 11.3. The van der Waals surface area contributed by atoms with Crippen LogP contribution in [0.15, 0.2) is 12.7 Å². The highest BCUT2D eigenvalue weighted by molar-refractivity contribution is 6.20. The highest BCUT2D eigenvalue weighted by Crippen LogP contribution is 2.15. The zero-order valence-electron chi connectivity index (χ0n) is 7.29. The van der Waals surface area contributed by atoms with Crippen molar-refractivity contribution in [3.8, 4) is 0 Å². The van der Waals surface area contributed by atoms with E-state index in [-0.39, 0.29) is 6.42 Å². The van der Waals surface area contributed by atoms with Crippen molar-refractivity contribution >= 4 is 17.8 Å². The quantitative estimate of drug-likeness (QED) is 0.106. The van der Waals surface area contributed by atoms with Gasteiger partial charge in [0.25, 0.3) is 11.8 Å². The fourth-order valence-electron chi connectivity index (χ4n) is 1.23. The number of hydrogen-bond acceptors (Lipinski definition) is 4. The Morgan fingerprint density at radius 1 is 1.64 bits per heavy atom. The van der Waals surface area contributed by atoms with Crippen molar-refractivity contribution in [1.29, 1.82) is 0 Å². The molecule has 14 heavy (non-hydrogen) atoms. The Balaban J connectivity index is 3.04. The summed E-state index contributed by atoms with van der Waals surface area (Å²) < 4.78 is 0. The van der Waals surface area contributed by atoms with Crippen LogP contribution in [0.1, 0.15) is 6.42 Å². The summed E-state index contributed by atoms with van der Waals surface area (Å²) in [6, 6.07) is -0.722. The molecule has 0 aromatic carbocycles. The number of nitrogens with two attached hydrogens (primary N) is 1. The monoisotopic (exact) mass is 198 g/mol. The predicted octanol–water partition coefficient (Wildman–Crippen LogP) is -1.87. The van der Waals surface area contributed by atoms with Crippen LogP contribution in [0.25, 0.3) is 0 Å². The number of carbonyl (C=O) groups excluding carboxylic acids is 3. The second-order valence-corrected chi connectivity index (χ2v) is 2.78. The van der Waals surface area contributed by atoms with E-state index in [1.807, 2.05) is 10.7 Å². The largest absolute Gasteiger partial charge is 0.322 e. The minimum Gasteiger partial charge on any atom is -0.315 e. The van der Waals surface area contributed by atoms with Gasteiger partial charge in [-0.2, -0.15) is 0 Å². The van der Waals surface area contributed by atoms with Gasteiger partial charge in [-0.1, -0.05) is 6.08 Å². The van der Waals surface area contributed by atoms with Gasteiger partial charge in [0.05, 0.1) is 0 Å². The number of hydrogen-bond donors (Lipinski definition) is 4. The van der Waals surface area contributed by atoms with Gasteiger partial charge in [0.2, 0.25) is 5.54 Å². The summed E-state index contributed by atoms with van der Waals surface area (Å²) in [5.41, 5.74) is 0.162. The zero-order valence-corrected chi connectivity index (χ0v) is 7.29. The van der Waals surface area contributed by atoms with E-state index in [0.29, 0.717) is 0 Å². The van der Waals surface area contributed by atoms with Crippen molar-refractivity contribution in [3.05, 3.63) is 12.7 Å². The average molecular weight is 198 g/mol. The van der Waals surface area contributed by atoms with Crippen LogP contribution in [0.3, 0.4) is 0 Å². The van der Waals surface area contributed by atoms with Crippen molar-refractivity contribution in [1.82, 2.24) is 16.1 Å². The number of rotatable bonds is 3. The Labute approximate surface area is 79.7 Å². The van der Waals surface area contributed by atoms with Gasteiger partial charge in [0, 0.05) is 6.42 Å².